The minimum absolute atomic E-state index is 0.0913. The molecule has 2 aromatic rings. The van der Waals surface area contributed by atoms with E-state index in [1.807, 2.05) is 0 Å². The van der Waals surface area contributed by atoms with Gasteiger partial charge in [-0.1, -0.05) is 32.0 Å². The van der Waals surface area contributed by atoms with E-state index >= 15 is 0 Å². The van der Waals surface area contributed by atoms with E-state index in [4.69, 9.17) is 4.42 Å². The molecule has 1 aromatic carbocycles. The molecule has 0 spiro atoms. The highest BCUT2D eigenvalue weighted by Gasteiger charge is 2.37. The molecule has 25 heavy (non-hydrogen) atoms. The van der Waals surface area contributed by atoms with Gasteiger partial charge in [0.15, 0.2) is 5.76 Å². The minimum atomic E-state index is -0.650. The van der Waals surface area contributed by atoms with Crippen LogP contribution in [-0.2, 0) is 6.42 Å². The van der Waals surface area contributed by atoms with Gasteiger partial charge in [0.2, 0.25) is 0 Å². The summed E-state index contributed by atoms with van der Waals surface area (Å²) in [5, 5.41) is 10.4. The van der Waals surface area contributed by atoms with Crippen LogP contribution in [0.5, 0.6) is 0 Å². The lowest BCUT2D eigenvalue weighted by molar-refractivity contribution is 0.0822. The van der Waals surface area contributed by atoms with Crippen LogP contribution in [0.2, 0.25) is 0 Å². The van der Waals surface area contributed by atoms with Crippen LogP contribution in [-0.4, -0.2) is 16.9 Å². The van der Waals surface area contributed by atoms with E-state index in [-0.39, 0.29) is 11.2 Å². The summed E-state index contributed by atoms with van der Waals surface area (Å²) in [7, 11) is 0. The smallest absolute Gasteiger partial charge is 0.305 e. The van der Waals surface area contributed by atoms with Gasteiger partial charge in [0.25, 0.3) is 5.91 Å². The average molecular weight is 342 g/mol. The lowest BCUT2D eigenvalue weighted by Crippen LogP contribution is -2.41. The van der Waals surface area contributed by atoms with E-state index in [1.165, 1.54) is 0 Å². The van der Waals surface area contributed by atoms with Crippen molar-refractivity contribution in [2.24, 2.45) is 5.41 Å². The Balaban J connectivity index is 1.74. The molecular formula is C19H22N2O4. The lowest BCUT2D eigenvalue weighted by Gasteiger charge is -2.31. The molecule has 0 saturated carbocycles. The number of hydrogen-bond donors (Lipinski definition) is 3. The van der Waals surface area contributed by atoms with Crippen molar-refractivity contribution in [3.8, 4) is 0 Å². The molecule has 0 fully saturated rings. The molecule has 0 saturated heterocycles. The highest BCUT2D eigenvalue weighted by atomic mass is 16.4. The standard InChI is InChI=1S/C19H22N2O4/c1-11-15-13(22)9-19(2,3)10-14(15)25-16(11)18(24)21-20-17(23)12-7-5-4-6-8-12/h4-8,13,22H,9-10H2,1-3H3,(H,20,23)(H,21,24). The number of carbonyl (C=O) groups is 2. The third-order valence-electron chi connectivity index (χ3n) is 4.52. The molecule has 0 aliphatic heterocycles. The first-order chi connectivity index (χ1) is 11.8. The summed E-state index contributed by atoms with van der Waals surface area (Å²) in [4.78, 5) is 24.4. The van der Waals surface area contributed by atoms with Gasteiger partial charge in [-0.25, -0.2) is 0 Å². The summed E-state index contributed by atoms with van der Waals surface area (Å²) in [5.41, 5.74) is 6.40. The zero-order chi connectivity index (χ0) is 18.2. The van der Waals surface area contributed by atoms with Crippen LogP contribution in [0, 0.1) is 12.3 Å². The van der Waals surface area contributed by atoms with Crippen LogP contribution in [0.25, 0.3) is 0 Å². The van der Waals surface area contributed by atoms with Gasteiger partial charge in [0.05, 0.1) is 6.10 Å². The van der Waals surface area contributed by atoms with E-state index in [0.29, 0.717) is 35.3 Å². The lowest BCUT2D eigenvalue weighted by atomic mass is 9.75. The molecule has 6 heteroatoms. The average Bonchev–Trinajstić information content (AvgIpc) is 2.88. The van der Waals surface area contributed by atoms with E-state index in [2.05, 4.69) is 24.7 Å². The molecule has 132 valence electrons. The maximum Gasteiger partial charge on any atom is 0.305 e. The summed E-state index contributed by atoms with van der Waals surface area (Å²) in [6.45, 7) is 5.85. The maximum absolute atomic E-state index is 12.4. The van der Waals surface area contributed by atoms with Gasteiger partial charge < -0.3 is 9.52 Å². The number of furan rings is 1. The third kappa shape index (κ3) is 3.44. The molecule has 1 unspecified atom stereocenters. The Morgan fingerprint density at radius 2 is 1.80 bits per heavy atom. The number of hydrazine groups is 1. The second-order valence-electron chi connectivity index (χ2n) is 7.23. The maximum atomic E-state index is 12.4. The summed E-state index contributed by atoms with van der Waals surface area (Å²) in [6.07, 6.45) is 0.624. The van der Waals surface area contributed by atoms with Crippen molar-refractivity contribution in [3.05, 3.63) is 58.5 Å². The summed E-state index contributed by atoms with van der Waals surface area (Å²) in [6, 6.07) is 8.58. The number of fused-ring (bicyclic) bond motifs is 1. The summed E-state index contributed by atoms with van der Waals surface area (Å²) < 4.78 is 5.72. The first kappa shape index (κ1) is 17.2. The number of rotatable bonds is 2. The van der Waals surface area contributed by atoms with Gasteiger partial charge in [0.1, 0.15) is 5.76 Å². The van der Waals surface area contributed by atoms with Crippen LogP contribution in [0.1, 0.15) is 64.2 Å². The molecule has 0 bridgehead atoms. The molecule has 3 N–H and O–H groups in total. The molecule has 1 aliphatic rings. The fourth-order valence-corrected chi connectivity index (χ4v) is 3.33. The molecule has 6 nitrogen and oxygen atoms in total. The third-order valence-corrected chi connectivity index (χ3v) is 4.52. The number of nitrogens with one attached hydrogen (secondary N) is 2. The van der Waals surface area contributed by atoms with E-state index in [1.54, 1.807) is 37.3 Å². The summed E-state index contributed by atoms with van der Waals surface area (Å²) in [5.74, 6) is -0.193. The summed E-state index contributed by atoms with van der Waals surface area (Å²) >= 11 is 0. The van der Waals surface area contributed by atoms with Crippen LogP contribution in [0.15, 0.2) is 34.7 Å². The SMILES string of the molecule is Cc1c(C(=O)NNC(=O)c2ccccc2)oc2c1C(O)CC(C)(C)C2. The molecule has 1 heterocycles. The molecule has 2 amide bonds. The van der Waals surface area contributed by atoms with Crippen molar-refractivity contribution in [3.63, 3.8) is 0 Å². The second-order valence-corrected chi connectivity index (χ2v) is 7.23. The van der Waals surface area contributed by atoms with E-state index in [9.17, 15) is 14.7 Å². The van der Waals surface area contributed by atoms with Crippen molar-refractivity contribution in [1.82, 2.24) is 10.9 Å². The highest BCUT2D eigenvalue weighted by Crippen LogP contribution is 2.43. The van der Waals surface area contributed by atoms with Gasteiger partial charge in [-0.05, 0) is 30.9 Å². The van der Waals surface area contributed by atoms with Gasteiger partial charge in [-0.15, -0.1) is 0 Å². The molecule has 3 rings (SSSR count). The van der Waals surface area contributed by atoms with Crippen LogP contribution < -0.4 is 10.9 Å². The van der Waals surface area contributed by atoms with Gasteiger partial charge >= 0.3 is 5.91 Å². The molecule has 1 aliphatic carbocycles. The highest BCUT2D eigenvalue weighted by molar-refractivity contribution is 5.98. The van der Waals surface area contributed by atoms with Gasteiger partial charge in [0, 0.05) is 23.1 Å². The van der Waals surface area contributed by atoms with E-state index < -0.39 is 17.9 Å². The van der Waals surface area contributed by atoms with E-state index in [0.717, 1.165) is 0 Å². The fourth-order valence-electron chi connectivity index (χ4n) is 3.33. The van der Waals surface area contributed by atoms with Gasteiger partial charge in [-0.3, -0.25) is 20.4 Å². The Bertz CT molecular complexity index is 808. The fraction of sp³-hybridized carbons (Fsp3) is 0.368. The number of carbonyl (C=O) groups excluding carboxylic acids is 2. The first-order valence-electron chi connectivity index (χ1n) is 8.24. The van der Waals surface area contributed by atoms with Crippen molar-refractivity contribution >= 4 is 11.8 Å². The number of aliphatic hydroxyl groups excluding tert-OH is 1. The van der Waals surface area contributed by atoms with Crippen molar-refractivity contribution in [2.45, 2.75) is 39.7 Å². The van der Waals surface area contributed by atoms with Gasteiger partial charge in [-0.2, -0.15) is 0 Å². The number of aliphatic hydroxyl groups is 1. The zero-order valence-electron chi connectivity index (χ0n) is 14.6. The largest absolute Gasteiger partial charge is 0.455 e. The minimum Gasteiger partial charge on any atom is -0.455 e. The Hall–Kier alpha value is -2.60. The predicted octanol–water partition coefficient (Wildman–Crippen LogP) is 2.67. The number of amides is 2. The number of hydrogen-bond acceptors (Lipinski definition) is 4. The normalized spacial score (nSPS) is 18.3. The quantitative estimate of drug-likeness (QED) is 0.732. The Labute approximate surface area is 146 Å². The molecule has 1 aromatic heterocycles. The van der Waals surface area contributed by atoms with Crippen LogP contribution in [0.3, 0.4) is 0 Å². The van der Waals surface area contributed by atoms with Crippen molar-refractivity contribution < 1.29 is 19.1 Å². The van der Waals surface area contributed by atoms with Crippen LogP contribution in [0.4, 0.5) is 0 Å². The Kier molecular flexibility index (Phi) is 4.39. The first-order valence-corrected chi connectivity index (χ1v) is 8.24. The van der Waals surface area contributed by atoms with Crippen molar-refractivity contribution in [1.29, 1.82) is 0 Å². The zero-order valence-corrected chi connectivity index (χ0v) is 14.6. The topological polar surface area (TPSA) is 91.6 Å². The molecule has 0 radical (unpaired) electrons. The monoisotopic (exact) mass is 342 g/mol. The predicted molar refractivity (Wildman–Crippen MR) is 91.9 cm³/mol. The second kappa shape index (κ2) is 6.37. The number of benzene rings is 1. The Morgan fingerprint density at radius 3 is 2.48 bits per heavy atom. The Morgan fingerprint density at radius 1 is 1.16 bits per heavy atom. The molecular weight excluding hydrogens is 320 g/mol. The molecule has 1 atom stereocenters. The van der Waals surface area contributed by atoms with Crippen molar-refractivity contribution in [2.75, 3.05) is 0 Å². The van der Waals surface area contributed by atoms with Crippen LogP contribution >= 0.6 is 0 Å².